The SMILES string of the molecule is Cc1ccc(-n2ncc(=O)[nH]c2=O)cc1C(=O)NCC1(O)CCCCCC1. The molecule has 1 fully saturated rings. The molecular formula is C19H24N4O4. The van der Waals surface area contributed by atoms with E-state index in [0.29, 0.717) is 24.1 Å². The van der Waals surface area contributed by atoms with E-state index >= 15 is 0 Å². The lowest BCUT2D eigenvalue weighted by molar-refractivity contribution is 0.0246. The van der Waals surface area contributed by atoms with Crippen LogP contribution in [0.4, 0.5) is 0 Å². The highest BCUT2D eigenvalue weighted by Gasteiger charge is 2.28. The van der Waals surface area contributed by atoms with Crippen molar-refractivity contribution in [1.82, 2.24) is 20.1 Å². The van der Waals surface area contributed by atoms with E-state index in [4.69, 9.17) is 0 Å². The Morgan fingerprint density at radius 2 is 1.96 bits per heavy atom. The normalized spacial score (nSPS) is 16.5. The lowest BCUT2D eigenvalue weighted by Gasteiger charge is -2.27. The van der Waals surface area contributed by atoms with E-state index in [2.05, 4.69) is 15.4 Å². The summed E-state index contributed by atoms with van der Waals surface area (Å²) in [4.78, 5) is 37.9. The number of nitrogens with one attached hydrogen (secondary N) is 2. The molecule has 2 aromatic rings. The fourth-order valence-electron chi connectivity index (χ4n) is 3.43. The topological polar surface area (TPSA) is 117 Å². The molecule has 0 saturated heterocycles. The van der Waals surface area contributed by atoms with Crippen molar-refractivity contribution < 1.29 is 9.90 Å². The fourth-order valence-corrected chi connectivity index (χ4v) is 3.43. The maximum Gasteiger partial charge on any atom is 0.349 e. The van der Waals surface area contributed by atoms with Crippen molar-refractivity contribution >= 4 is 5.91 Å². The number of benzene rings is 1. The number of aliphatic hydroxyl groups is 1. The van der Waals surface area contributed by atoms with Crippen LogP contribution in [0.25, 0.3) is 5.69 Å². The van der Waals surface area contributed by atoms with Gasteiger partial charge >= 0.3 is 5.69 Å². The largest absolute Gasteiger partial charge is 0.388 e. The molecule has 3 N–H and O–H groups in total. The Morgan fingerprint density at radius 1 is 1.26 bits per heavy atom. The first-order chi connectivity index (χ1) is 12.9. The molecule has 0 radical (unpaired) electrons. The molecule has 3 rings (SSSR count). The number of carbonyl (C=O) groups excluding carboxylic acids is 1. The van der Waals surface area contributed by atoms with E-state index in [1.807, 2.05) is 0 Å². The highest BCUT2D eigenvalue weighted by Crippen LogP contribution is 2.26. The molecule has 144 valence electrons. The van der Waals surface area contributed by atoms with E-state index in [0.717, 1.165) is 42.1 Å². The Balaban J connectivity index is 1.80. The van der Waals surface area contributed by atoms with E-state index in [1.54, 1.807) is 25.1 Å². The van der Waals surface area contributed by atoms with Gasteiger partial charge in [0.05, 0.1) is 11.3 Å². The zero-order chi connectivity index (χ0) is 19.4. The predicted molar refractivity (Wildman–Crippen MR) is 100 cm³/mol. The molecule has 0 bridgehead atoms. The Bertz CT molecular complexity index is 939. The van der Waals surface area contributed by atoms with Crippen LogP contribution in [0.1, 0.15) is 54.4 Å². The minimum Gasteiger partial charge on any atom is -0.388 e. The number of aromatic nitrogens is 3. The number of H-pyrrole nitrogens is 1. The minimum atomic E-state index is -0.866. The maximum atomic E-state index is 12.7. The molecular weight excluding hydrogens is 348 g/mol. The first-order valence-corrected chi connectivity index (χ1v) is 9.18. The number of amides is 1. The third-order valence-electron chi connectivity index (χ3n) is 5.04. The van der Waals surface area contributed by atoms with Gasteiger partial charge in [-0.1, -0.05) is 31.7 Å². The Labute approximate surface area is 156 Å². The second-order valence-corrected chi connectivity index (χ2v) is 7.17. The summed E-state index contributed by atoms with van der Waals surface area (Å²) in [5.74, 6) is -0.315. The van der Waals surface area contributed by atoms with Crippen LogP contribution in [0.5, 0.6) is 0 Å². The van der Waals surface area contributed by atoms with Crippen LogP contribution in [0.3, 0.4) is 0 Å². The smallest absolute Gasteiger partial charge is 0.349 e. The summed E-state index contributed by atoms with van der Waals surface area (Å²) < 4.78 is 1.02. The predicted octanol–water partition coefficient (Wildman–Crippen LogP) is 1.04. The molecule has 8 nitrogen and oxygen atoms in total. The molecule has 0 unspecified atom stereocenters. The zero-order valence-corrected chi connectivity index (χ0v) is 15.3. The van der Waals surface area contributed by atoms with Gasteiger partial charge in [-0.2, -0.15) is 9.78 Å². The number of carbonyl (C=O) groups is 1. The van der Waals surface area contributed by atoms with Crippen molar-refractivity contribution in [3.8, 4) is 5.69 Å². The molecule has 0 atom stereocenters. The van der Waals surface area contributed by atoms with Gasteiger partial charge in [0.2, 0.25) is 0 Å². The summed E-state index contributed by atoms with van der Waals surface area (Å²) in [6.45, 7) is 1.99. The van der Waals surface area contributed by atoms with Crippen LogP contribution < -0.4 is 16.6 Å². The first kappa shape index (κ1) is 19.0. The maximum absolute atomic E-state index is 12.7. The molecule has 0 aliphatic heterocycles. The summed E-state index contributed by atoms with van der Waals surface area (Å²) in [5.41, 5.74) is -0.621. The quantitative estimate of drug-likeness (QED) is 0.694. The molecule has 1 aliphatic rings. The fraction of sp³-hybridized carbons (Fsp3) is 0.474. The third-order valence-corrected chi connectivity index (χ3v) is 5.04. The first-order valence-electron chi connectivity index (χ1n) is 9.18. The Hall–Kier alpha value is -2.74. The third kappa shape index (κ3) is 4.51. The van der Waals surface area contributed by atoms with Gasteiger partial charge in [-0.05, 0) is 37.5 Å². The highest BCUT2D eigenvalue weighted by atomic mass is 16.3. The molecule has 1 aliphatic carbocycles. The van der Waals surface area contributed by atoms with Crippen molar-refractivity contribution in [2.24, 2.45) is 0 Å². The van der Waals surface area contributed by atoms with Gasteiger partial charge in [0.25, 0.3) is 11.5 Å². The van der Waals surface area contributed by atoms with E-state index in [1.165, 1.54) is 0 Å². The average Bonchev–Trinajstić information content (AvgIpc) is 2.85. The molecule has 1 amide bonds. The molecule has 8 heteroatoms. The minimum absolute atomic E-state index is 0.201. The number of nitrogens with zero attached hydrogens (tertiary/aromatic N) is 2. The highest BCUT2D eigenvalue weighted by molar-refractivity contribution is 5.96. The monoisotopic (exact) mass is 372 g/mol. The summed E-state index contributed by atoms with van der Waals surface area (Å²) in [7, 11) is 0. The molecule has 1 aromatic heterocycles. The van der Waals surface area contributed by atoms with Crippen molar-refractivity contribution in [2.45, 2.75) is 51.0 Å². The van der Waals surface area contributed by atoms with Crippen LogP contribution in [-0.4, -0.2) is 37.9 Å². The van der Waals surface area contributed by atoms with Crippen molar-refractivity contribution in [3.63, 3.8) is 0 Å². The van der Waals surface area contributed by atoms with Gasteiger partial charge in [0.15, 0.2) is 0 Å². The van der Waals surface area contributed by atoms with Gasteiger partial charge in [-0.15, -0.1) is 0 Å². The zero-order valence-electron chi connectivity index (χ0n) is 15.3. The van der Waals surface area contributed by atoms with Gasteiger partial charge in [-0.25, -0.2) is 4.79 Å². The van der Waals surface area contributed by atoms with Crippen LogP contribution in [0, 0.1) is 6.92 Å². The molecule has 1 heterocycles. The molecule has 1 aromatic carbocycles. The van der Waals surface area contributed by atoms with Crippen molar-refractivity contribution in [2.75, 3.05) is 6.54 Å². The second kappa shape index (κ2) is 7.87. The summed E-state index contributed by atoms with van der Waals surface area (Å²) >= 11 is 0. The Morgan fingerprint density at radius 3 is 2.63 bits per heavy atom. The summed E-state index contributed by atoms with van der Waals surface area (Å²) in [5, 5.41) is 17.3. The van der Waals surface area contributed by atoms with Crippen molar-refractivity contribution in [3.05, 3.63) is 56.4 Å². The lowest BCUT2D eigenvalue weighted by Crippen LogP contribution is -2.42. The summed E-state index contributed by atoms with van der Waals surface area (Å²) in [6, 6.07) is 4.91. The van der Waals surface area contributed by atoms with Gasteiger partial charge in [-0.3, -0.25) is 14.6 Å². The van der Waals surface area contributed by atoms with Gasteiger partial charge < -0.3 is 10.4 Å². The standard InChI is InChI=1S/C19H24N4O4/c1-13-6-7-14(23-18(26)22-16(24)11-21-23)10-15(13)17(25)20-12-19(27)8-4-2-3-5-9-19/h6-7,10-11,27H,2-5,8-9,12H2,1H3,(H,20,25)(H,22,24,26). The molecule has 1 saturated carbocycles. The van der Waals surface area contributed by atoms with E-state index in [-0.39, 0.29) is 12.5 Å². The number of hydrogen-bond donors (Lipinski definition) is 3. The number of aryl methyl sites for hydroxylation is 1. The number of aromatic amines is 1. The van der Waals surface area contributed by atoms with Gasteiger partial charge in [0, 0.05) is 12.1 Å². The summed E-state index contributed by atoms with van der Waals surface area (Å²) in [6.07, 6.45) is 6.51. The average molecular weight is 372 g/mol. The van der Waals surface area contributed by atoms with Crippen LogP contribution in [-0.2, 0) is 0 Å². The van der Waals surface area contributed by atoms with Gasteiger partial charge in [0.1, 0.15) is 6.20 Å². The van der Waals surface area contributed by atoms with E-state index < -0.39 is 16.9 Å². The van der Waals surface area contributed by atoms with E-state index in [9.17, 15) is 19.5 Å². The van der Waals surface area contributed by atoms with Crippen LogP contribution in [0.2, 0.25) is 0 Å². The Kier molecular flexibility index (Phi) is 5.55. The lowest BCUT2D eigenvalue weighted by atomic mass is 9.94. The number of hydrogen-bond acceptors (Lipinski definition) is 5. The molecule has 0 spiro atoms. The molecule has 27 heavy (non-hydrogen) atoms. The van der Waals surface area contributed by atoms with Crippen LogP contribution >= 0.6 is 0 Å². The van der Waals surface area contributed by atoms with Crippen LogP contribution in [0.15, 0.2) is 34.0 Å². The van der Waals surface area contributed by atoms with Crippen molar-refractivity contribution in [1.29, 1.82) is 0 Å². The second-order valence-electron chi connectivity index (χ2n) is 7.17. The number of rotatable bonds is 4.